The summed E-state index contributed by atoms with van der Waals surface area (Å²) < 4.78 is 0.539. The van der Waals surface area contributed by atoms with E-state index < -0.39 is 0 Å². The molecule has 3 atom stereocenters. The summed E-state index contributed by atoms with van der Waals surface area (Å²) in [6, 6.07) is 0. The van der Waals surface area contributed by atoms with E-state index in [1.807, 2.05) is 6.92 Å². The Morgan fingerprint density at radius 3 is 1.45 bits per heavy atom. The van der Waals surface area contributed by atoms with E-state index in [9.17, 15) is 5.11 Å². The topological polar surface area (TPSA) is 40.5 Å². The van der Waals surface area contributed by atoms with Crippen molar-refractivity contribution in [1.29, 1.82) is 0 Å². The number of hydrogen-bond donors (Lipinski definition) is 2. The van der Waals surface area contributed by atoms with Crippen LogP contribution >= 0.6 is 0 Å². The molecule has 3 unspecified atom stereocenters. The van der Waals surface area contributed by atoms with E-state index in [-0.39, 0.29) is 12.2 Å². The van der Waals surface area contributed by atoms with Crippen LogP contribution < -0.4 is 0 Å². The molecule has 0 saturated carbocycles. The Labute approximate surface area is 136 Å². The van der Waals surface area contributed by atoms with Gasteiger partial charge in [0.15, 0.2) is 0 Å². The second-order valence-corrected chi connectivity index (χ2v) is 7.91. The van der Waals surface area contributed by atoms with Gasteiger partial charge in [-0.1, -0.05) is 0 Å². The van der Waals surface area contributed by atoms with Crippen molar-refractivity contribution in [2.45, 2.75) is 109 Å². The molecule has 0 aliphatic carbocycles. The van der Waals surface area contributed by atoms with E-state index in [1.165, 1.54) is 64.2 Å². The predicted octanol–water partition coefficient (Wildman–Crippen LogP) is 4.10. The third kappa shape index (κ3) is 23.6. The van der Waals surface area contributed by atoms with Crippen molar-refractivity contribution in [3.63, 3.8) is 0 Å². The summed E-state index contributed by atoms with van der Waals surface area (Å²) in [6.45, 7) is 7.63. The summed E-state index contributed by atoms with van der Waals surface area (Å²) in [4.78, 5) is 0. The molecule has 0 rings (SSSR count). The quantitative estimate of drug-likeness (QED) is 0.435. The molecule has 0 amide bonds. The Hall–Kier alpha value is 0.478. The van der Waals surface area contributed by atoms with Crippen molar-refractivity contribution in [2.75, 3.05) is 0 Å². The van der Waals surface area contributed by atoms with E-state index in [4.69, 9.17) is 5.11 Å². The molecule has 3 heteroatoms. The fraction of sp³-hybridized carbons (Fsp3) is 1.00. The van der Waals surface area contributed by atoms with Gasteiger partial charge in [-0.3, -0.25) is 0 Å². The third-order valence-corrected chi connectivity index (χ3v) is 5.13. The molecule has 0 aromatic heterocycles. The summed E-state index contributed by atoms with van der Waals surface area (Å²) >= 11 is 1.70. The molecule has 2 nitrogen and oxygen atoms in total. The molecule has 0 radical (unpaired) electrons. The standard InChI is InChI=1S/C14H31AsO.C3H8O/c1-3-4-5-6-7-8-9-10-11-12-14(15)13(2)16;1-3(2)4/h13-14,16H,3-12,15H2,1-2H3;3-4H,1-2H3. The average Bonchev–Trinajstić information content (AvgIpc) is 2.35. The molecule has 0 aromatic carbocycles. The van der Waals surface area contributed by atoms with Gasteiger partial charge in [0.1, 0.15) is 0 Å². The molecule has 0 aliphatic heterocycles. The number of rotatable bonds is 11. The summed E-state index contributed by atoms with van der Waals surface area (Å²) in [7, 11) is 0. The van der Waals surface area contributed by atoms with Gasteiger partial charge in [-0.15, -0.1) is 0 Å². The first-order valence-electron chi connectivity index (χ1n) is 8.53. The van der Waals surface area contributed by atoms with Gasteiger partial charge >= 0.3 is 111 Å². The van der Waals surface area contributed by atoms with Crippen LogP contribution in [0.4, 0.5) is 0 Å². The van der Waals surface area contributed by atoms with Crippen molar-refractivity contribution >= 4 is 16.9 Å². The van der Waals surface area contributed by atoms with Gasteiger partial charge < -0.3 is 5.11 Å². The summed E-state index contributed by atoms with van der Waals surface area (Å²) in [6.07, 6.45) is 13.5. The number of aliphatic hydroxyl groups is 2. The molecule has 20 heavy (non-hydrogen) atoms. The van der Waals surface area contributed by atoms with Crippen LogP contribution in [0.15, 0.2) is 0 Å². The van der Waals surface area contributed by atoms with Gasteiger partial charge in [-0.25, -0.2) is 0 Å². The molecule has 0 fully saturated rings. The first-order valence-corrected chi connectivity index (χ1v) is 9.93. The van der Waals surface area contributed by atoms with Gasteiger partial charge in [0.05, 0.1) is 0 Å². The first-order chi connectivity index (χ1) is 9.41. The van der Waals surface area contributed by atoms with Gasteiger partial charge in [-0.2, -0.15) is 0 Å². The van der Waals surface area contributed by atoms with Crippen LogP contribution in [0.2, 0.25) is 4.71 Å². The van der Waals surface area contributed by atoms with Crippen LogP contribution in [0.1, 0.15) is 91.9 Å². The van der Waals surface area contributed by atoms with Crippen LogP contribution in [0.5, 0.6) is 0 Å². The zero-order chi connectivity index (χ0) is 15.8. The zero-order valence-corrected chi connectivity index (χ0v) is 16.7. The van der Waals surface area contributed by atoms with E-state index in [0.717, 1.165) is 0 Å². The maximum absolute atomic E-state index is 9.36. The molecule has 0 aromatic rings. The molecule has 0 aliphatic rings. The normalized spacial score (nSPS) is 13.8. The number of unbranched alkanes of at least 4 members (excludes halogenated alkanes) is 8. The molecule has 0 heterocycles. The second-order valence-electron chi connectivity index (χ2n) is 6.12. The fourth-order valence-electron chi connectivity index (χ4n) is 1.93. The minimum absolute atomic E-state index is 0.103. The Kier molecular flexibility index (Phi) is 19.9. The molecule has 124 valence electrons. The van der Waals surface area contributed by atoms with E-state index in [2.05, 4.69) is 6.92 Å². The molecular formula is C17H39AsO2. The average molecular weight is 350 g/mol. The monoisotopic (exact) mass is 350 g/mol. The van der Waals surface area contributed by atoms with Crippen LogP contribution in [0.3, 0.4) is 0 Å². The Bertz CT molecular complexity index is 170. The molecule has 0 spiro atoms. The second kappa shape index (κ2) is 17.5. The SMILES string of the molecule is CC(C)O.CCCCCCCCCCCC([AsH2])C(C)O. The van der Waals surface area contributed by atoms with Crippen LogP contribution in [-0.4, -0.2) is 39.3 Å². The summed E-state index contributed by atoms with van der Waals surface area (Å²) in [5, 5.41) is 17.4. The van der Waals surface area contributed by atoms with Gasteiger partial charge in [0, 0.05) is 6.10 Å². The van der Waals surface area contributed by atoms with Gasteiger partial charge in [0.25, 0.3) is 0 Å². The van der Waals surface area contributed by atoms with Crippen LogP contribution in [-0.2, 0) is 0 Å². The van der Waals surface area contributed by atoms with E-state index in [0.29, 0.717) is 4.71 Å². The number of hydrogen-bond acceptors (Lipinski definition) is 2. The zero-order valence-electron chi connectivity index (χ0n) is 14.3. The third-order valence-electron chi connectivity index (χ3n) is 3.26. The molecule has 2 N–H and O–H groups in total. The van der Waals surface area contributed by atoms with E-state index >= 15 is 0 Å². The van der Waals surface area contributed by atoms with Gasteiger partial charge in [-0.05, 0) is 13.8 Å². The van der Waals surface area contributed by atoms with Crippen LogP contribution in [0.25, 0.3) is 0 Å². The number of aliphatic hydroxyl groups excluding tert-OH is 2. The Balaban J connectivity index is 0. The van der Waals surface area contributed by atoms with Crippen molar-refractivity contribution in [3.05, 3.63) is 0 Å². The molecule has 0 saturated heterocycles. The van der Waals surface area contributed by atoms with Crippen molar-refractivity contribution in [1.82, 2.24) is 0 Å². The van der Waals surface area contributed by atoms with Crippen molar-refractivity contribution in [2.24, 2.45) is 0 Å². The predicted molar refractivity (Wildman–Crippen MR) is 93.2 cm³/mol. The Morgan fingerprint density at radius 2 is 1.10 bits per heavy atom. The minimum atomic E-state index is -0.167. The fourth-order valence-corrected chi connectivity index (χ4v) is 2.43. The van der Waals surface area contributed by atoms with Crippen molar-refractivity contribution in [3.8, 4) is 0 Å². The van der Waals surface area contributed by atoms with E-state index in [1.54, 1.807) is 30.7 Å². The Morgan fingerprint density at radius 1 is 0.750 bits per heavy atom. The molecule has 0 bridgehead atoms. The van der Waals surface area contributed by atoms with Gasteiger partial charge in [0.2, 0.25) is 0 Å². The maximum atomic E-state index is 9.36. The molecular weight excluding hydrogens is 311 g/mol. The summed E-state index contributed by atoms with van der Waals surface area (Å²) in [5.41, 5.74) is 0. The van der Waals surface area contributed by atoms with Crippen LogP contribution in [0, 0.1) is 0 Å². The first kappa shape index (κ1) is 22.8. The summed E-state index contributed by atoms with van der Waals surface area (Å²) in [5.74, 6) is 0. The van der Waals surface area contributed by atoms with Crippen molar-refractivity contribution < 1.29 is 10.2 Å².